The third-order valence-electron chi connectivity index (χ3n) is 6.25. The second-order valence-corrected chi connectivity index (χ2v) is 9.07. The number of benzene rings is 2. The summed E-state index contributed by atoms with van der Waals surface area (Å²) in [6.07, 6.45) is 5.01. The molecule has 1 aliphatic rings. The van der Waals surface area contributed by atoms with Crippen LogP contribution in [0, 0.1) is 18.2 Å². The fraction of sp³-hybridized carbons (Fsp3) is 0.286. The molecule has 2 aromatic carbocycles. The van der Waals surface area contributed by atoms with Gasteiger partial charge in [-0.05, 0) is 42.8 Å². The summed E-state index contributed by atoms with van der Waals surface area (Å²) in [4.78, 5) is 15.2. The van der Waals surface area contributed by atoms with Crippen LogP contribution in [0.4, 0.5) is 27.3 Å². The molecule has 0 saturated carbocycles. The van der Waals surface area contributed by atoms with Gasteiger partial charge in [0.25, 0.3) is 0 Å². The van der Waals surface area contributed by atoms with Crippen LogP contribution >= 0.6 is 0 Å². The molecule has 210 valence electrons. The summed E-state index contributed by atoms with van der Waals surface area (Å²) in [5.74, 6) is 0.289. The number of ether oxygens (including phenoxy) is 2. The first kappa shape index (κ1) is 28.6. The van der Waals surface area contributed by atoms with Crippen LogP contribution in [0.3, 0.4) is 0 Å². The lowest BCUT2D eigenvalue weighted by Crippen LogP contribution is -2.43. The standard InChI is InChI=1S/C22H20FN7O.C6H13NO2/c1-14-20(27-13-31)11-30-21(14)22(26-12-28-30)29-18-5-6-19(16(8-18)9-24)25-10-15-3-2-4-17(23)7-15;1-8-4-6-5-9-3-2-7-6/h2-9,11-13,24-25H,10H2,1H3,(H,27,31)(H,26,28,29);6-7H,2-5H2,1H3. The van der Waals surface area contributed by atoms with E-state index in [0.717, 1.165) is 54.4 Å². The Morgan fingerprint density at radius 1 is 1.27 bits per heavy atom. The summed E-state index contributed by atoms with van der Waals surface area (Å²) in [5, 5.41) is 24.4. The smallest absolute Gasteiger partial charge is 0.211 e. The first-order valence-corrected chi connectivity index (χ1v) is 12.8. The number of rotatable bonds is 10. The lowest BCUT2D eigenvalue weighted by Gasteiger charge is -2.22. The number of amides is 1. The molecule has 1 fully saturated rings. The van der Waals surface area contributed by atoms with Crippen LogP contribution in [0.1, 0.15) is 16.7 Å². The first-order valence-electron chi connectivity index (χ1n) is 12.8. The summed E-state index contributed by atoms with van der Waals surface area (Å²) in [7, 11) is 1.70. The van der Waals surface area contributed by atoms with E-state index in [9.17, 15) is 9.18 Å². The maximum atomic E-state index is 13.4. The number of aryl methyl sites for hydroxylation is 1. The average Bonchev–Trinajstić information content (AvgIpc) is 3.29. The van der Waals surface area contributed by atoms with Crippen molar-refractivity contribution in [2.45, 2.75) is 19.5 Å². The summed E-state index contributed by atoms with van der Waals surface area (Å²) in [6, 6.07) is 12.3. The highest BCUT2D eigenvalue weighted by atomic mass is 19.1. The van der Waals surface area contributed by atoms with Crippen LogP contribution in [0.2, 0.25) is 0 Å². The maximum Gasteiger partial charge on any atom is 0.211 e. The third-order valence-corrected chi connectivity index (χ3v) is 6.25. The number of carbonyl (C=O) groups excluding carboxylic acids is 1. The molecule has 12 heteroatoms. The largest absolute Gasteiger partial charge is 0.383 e. The van der Waals surface area contributed by atoms with Crippen LogP contribution in [0.15, 0.2) is 55.0 Å². The van der Waals surface area contributed by atoms with Gasteiger partial charge in [0.1, 0.15) is 17.7 Å². The predicted octanol–water partition coefficient (Wildman–Crippen LogP) is 3.72. The van der Waals surface area contributed by atoms with E-state index in [1.54, 1.807) is 23.9 Å². The van der Waals surface area contributed by atoms with Gasteiger partial charge in [0.2, 0.25) is 6.41 Å². The molecular weight excluding hydrogens is 515 g/mol. The molecule has 0 radical (unpaired) electrons. The van der Waals surface area contributed by atoms with Crippen molar-refractivity contribution in [3.8, 4) is 0 Å². The number of carbonyl (C=O) groups is 1. The van der Waals surface area contributed by atoms with Gasteiger partial charge in [0.05, 0.1) is 37.7 Å². The number of halogens is 1. The molecule has 2 aromatic heterocycles. The highest BCUT2D eigenvalue weighted by molar-refractivity contribution is 5.89. The number of aromatic nitrogens is 3. The molecule has 1 aliphatic heterocycles. The molecule has 3 heterocycles. The third kappa shape index (κ3) is 7.38. The Balaban J connectivity index is 0.000000350. The van der Waals surface area contributed by atoms with Crippen molar-refractivity contribution in [1.29, 1.82) is 5.41 Å². The van der Waals surface area contributed by atoms with E-state index >= 15 is 0 Å². The Labute approximate surface area is 231 Å². The van der Waals surface area contributed by atoms with Gasteiger partial charge in [-0.25, -0.2) is 13.9 Å². The van der Waals surface area contributed by atoms with E-state index in [2.05, 4.69) is 31.3 Å². The number of fused-ring (bicyclic) bond motifs is 1. The van der Waals surface area contributed by atoms with Gasteiger partial charge in [-0.3, -0.25) is 4.79 Å². The van der Waals surface area contributed by atoms with E-state index in [0.29, 0.717) is 36.1 Å². The Hall–Kier alpha value is -4.39. The van der Waals surface area contributed by atoms with Gasteiger partial charge in [0, 0.05) is 48.9 Å². The van der Waals surface area contributed by atoms with Gasteiger partial charge in [-0.2, -0.15) is 5.10 Å². The number of morpholine rings is 1. The van der Waals surface area contributed by atoms with Crippen molar-refractivity contribution in [3.05, 3.63) is 77.5 Å². The summed E-state index contributed by atoms with van der Waals surface area (Å²) < 4.78 is 25.1. The van der Waals surface area contributed by atoms with E-state index < -0.39 is 0 Å². The van der Waals surface area contributed by atoms with Gasteiger partial charge in [-0.1, -0.05) is 12.1 Å². The van der Waals surface area contributed by atoms with Crippen LogP contribution in [-0.4, -0.2) is 66.7 Å². The quantitative estimate of drug-likeness (QED) is 0.149. The molecule has 0 aliphatic carbocycles. The van der Waals surface area contributed by atoms with E-state index in [-0.39, 0.29) is 5.82 Å². The number of methoxy groups -OCH3 is 1. The number of hydrogen-bond donors (Lipinski definition) is 5. The van der Waals surface area contributed by atoms with Crippen molar-refractivity contribution >= 4 is 41.0 Å². The number of anilines is 4. The minimum Gasteiger partial charge on any atom is -0.383 e. The van der Waals surface area contributed by atoms with E-state index in [1.807, 2.05) is 31.2 Å². The summed E-state index contributed by atoms with van der Waals surface area (Å²) in [5.41, 5.74) is 5.18. The molecule has 5 N–H and O–H groups in total. The Bertz CT molecular complexity index is 1440. The summed E-state index contributed by atoms with van der Waals surface area (Å²) in [6.45, 7) is 5.63. The SMILES string of the molecule is COCC1COCCN1.Cc1c(NC=O)cn2ncnc(Nc3ccc(NCc4cccc(F)c4)c(C=N)c3)c12. The molecule has 1 unspecified atom stereocenters. The Kier molecular flexibility index (Phi) is 10.1. The molecule has 0 spiro atoms. The van der Waals surface area contributed by atoms with Crippen molar-refractivity contribution in [1.82, 2.24) is 19.9 Å². The molecule has 1 amide bonds. The molecule has 0 bridgehead atoms. The molecule has 40 heavy (non-hydrogen) atoms. The number of nitrogens with one attached hydrogen (secondary N) is 5. The summed E-state index contributed by atoms with van der Waals surface area (Å²) >= 11 is 0. The second kappa shape index (κ2) is 14.1. The lowest BCUT2D eigenvalue weighted by molar-refractivity contribution is -0.105. The van der Waals surface area contributed by atoms with Crippen molar-refractivity contribution in [2.75, 3.05) is 49.4 Å². The van der Waals surface area contributed by atoms with Gasteiger partial charge >= 0.3 is 0 Å². The van der Waals surface area contributed by atoms with Crippen molar-refractivity contribution in [3.63, 3.8) is 0 Å². The van der Waals surface area contributed by atoms with Crippen LogP contribution in [-0.2, 0) is 20.8 Å². The fourth-order valence-corrected chi connectivity index (χ4v) is 4.29. The lowest BCUT2D eigenvalue weighted by atomic mass is 10.1. The Morgan fingerprint density at radius 2 is 2.15 bits per heavy atom. The zero-order valence-corrected chi connectivity index (χ0v) is 22.4. The highest BCUT2D eigenvalue weighted by Crippen LogP contribution is 2.29. The minimum absolute atomic E-state index is 0.283. The number of nitrogens with zero attached hydrogens (tertiary/aromatic N) is 3. The van der Waals surface area contributed by atoms with Crippen LogP contribution in [0.25, 0.3) is 5.52 Å². The average molecular weight is 549 g/mol. The topological polar surface area (TPSA) is 138 Å². The molecule has 11 nitrogen and oxygen atoms in total. The predicted molar refractivity (Wildman–Crippen MR) is 153 cm³/mol. The van der Waals surface area contributed by atoms with Crippen molar-refractivity contribution in [2.24, 2.45) is 0 Å². The second-order valence-electron chi connectivity index (χ2n) is 9.07. The van der Waals surface area contributed by atoms with Crippen LogP contribution in [0.5, 0.6) is 0 Å². The minimum atomic E-state index is -0.283. The fourth-order valence-electron chi connectivity index (χ4n) is 4.29. The number of hydrogen-bond acceptors (Lipinski definition) is 9. The normalized spacial score (nSPS) is 14.6. The van der Waals surface area contributed by atoms with E-state index in [4.69, 9.17) is 14.9 Å². The molecule has 1 saturated heterocycles. The monoisotopic (exact) mass is 548 g/mol. The van der Waals surface area contributed by atoms with E-state index in [1.165, 1.54) is 24.7 Å². The van der Waals surface area contributed by atoms with Gasteiger partial charge in [-0.15, -0.1) is 0 Å². The Morgan fingerprint density at radius 3 is 2.88 bits per heavy atom. The molecular formula is C28H33FN8O3. The zero-order chi connectivity index (χ0) is 28.3. The maximum absolute atomic E-state index is 13.4. The first-order chi connectivity index (χ1) is 19.5. The molecule has 4 aromatic rings. The highest BCUT2D eigenvalue weighted by Gasteiger charge is 2.14. The van der Waals surface area contributed by atoms with Crippen LogP contribution < -0.4 is 21.3 Å². The zero-order valence-electron chi connectivity index (χ0n) is 22.4. The van der Waals surface area contributed by atoms with Gasteiger partial charge < -0.3 is 36.2 Å². The van der Waals surface area contributed by atoms with Crippen molar-refractivity contribution < 1.29 is 18.7 Å². The molecule has 5 rings (SSSR count). The van der Waals surface area contributed by atoms with Gasteiger partial charge in [0.15, 0.2) is 5.82 Å². The molecule has 1 atom stereocenters.